The van der Waals surface area contributed by atoms with Crippen LogP contribution in [0.4, 0.5) is 0 Å². The van der Waals surface area contributed by atoms with E-state index in [1.165, 1.54) is 27.8 Å². The van der Waals surface area contributed by atoms with Crippen molar-refractivity contribution >= 4 is 15.9 Å². The molecule has 0 aliphatic heterocycles. The van der Waals surface area contributed by atoms with Gasteiger partial charge in [0.15, 0.2) is 0 Å². The lowest BCUT2D eigenvalue weighted by atomic mass is 9.94. The molecule has 2 unspecified atom stereocenters. The van der Waals surface area contributed by atoms with E-state index < -0.39 is 0 Å². The summed E-state index contributed by atoms with van der Waals surface area (Å²) >= 11 is 3.49. The molecule has 0 fully saturated rings. The van der Waals surface area contributed by atoms with Crippen LogP contribution in [0.5, 0.6) is 0 Å². The predicted octanol–water partition coefficient (Wildman–Crippen LogP) is 5.79. The molecule has 2 atom stereocenters. The van der Waals surface area contributed by atoms with E-state index >= 15 is 0 Å². The third-order valence-electron chi connectivity index (χ3n) is 4.04. The summed E-state index contributed by atoms with van der Waals surface area (Å²) in [6, 6.07) is 13.7. The van der Waals surface area contributed by atoms with E-state index in [0.29, 0.717) is 12.1 Å². The SMILES string of the molecule is Cc1cc(C)c(C(C)NC(C)c2ccc(Br)cc2)c(C)c1. The first kappa shape index (κ1) is 16.3. The maximum Gasteiger partial charge on any atom is 0.0302 e. The zero-order valence-corrected chi connectivity index (χ0v) is 15.1. The molecule has 0 spiro atoms. The van der Waals surface area contributed by atoms with Gasteiger partial charge in [-0.1, -0.05) is 45.8 Å². The summed E-state index contributed by atoms with van der Waals surface area (Å²) in [6.07, 6.45) is 0. The van der Waals surface area contributed by atoms with Gasteiger partial charge in [0.05, 0.1) is 0 Å². The van der Waals surface area contributed by atoms with Crippen molar-refractivity contribution < 1.29 is 0 Å². The van der Waals surface area contributed by atoms with Gasteiger partial charge in [-0.3, -0.25) is 0 Å². The van der Waals surface area contributed by atoms with E-state index in [1.54, 1.807) is 0 Å². The molecule has 1 nitrogen and oxygen atoms in total. The molecule has 112 valence electrons. The summed E-state index contributed by atoms with van der Waals surface area (Å²) in [5.74, 6) is 0. The van der Waals surface area contributed by atoms with Gasteiger partial charge in [0.1, 0.15) is 0 Å². The van der Waals surface area contributed by atoms with E-state index in [1.807, 2.05) is 0 Å². The Hall–Kier alpha value is -1.12. The minimum Gasteiger partial charge on any atom is -0.304 e. The predicted molar refractivity (Wildman–Crippen MR) is 94.8 cm³/mol. The molecule has 21 heavy (non-hydrogen) atoms. The van der Waals surface area contributed by atoms with Crippen LogP contribution in [0.1, 0.15) is 53.7 Å². The van der Waals surface area contributed by atoms with Crippen molar-refractivity contribution in [3.8, 4) is 0 Å². The molecule has 0 heterocycles. The van der Waals surface area contributed by atoms with Gasteiger partial charge in [0.25, 0.3) is 0 Å². The molecule has 2 aromatic carbocycles. The highest BCUT2D eigenvalue weighted by Crippen LogP contribution is 2.26. The molecule has 0 aliphatic carbocycles. The number of halogens is 1. The topological polar surface area (TPSA) is 12.0 Å². The number of aryl methyl sites for hydroxylation is 3. The van der Waals surface area contributed by atoms with Crippen molar-refractivity contribution in [3.05, 3.63) is 68.7 Å². The molecular formula is C19H24BrN. The van der Waals surface area contributed by atoms with Crippen molar-refractivity contribution in [2.45, 2.75) is 46.7 Å². The number of rotatable bonds is 4. The Labute approximate surface area is 136 Å². The van der Waals surface area contributed by atoms with Crippen LogP contribution in [0.15, 0.2) is 40.9 Å². The molecule has 2 heteroatoms. The number of benzene rings is 2. The van der Waals surface area contributed by atoms with E-state index in [2.05, 4.69) is 92.3 Å². The molecule has 0 saturated carbocycles. The quantitative estimate of drug-likeness (QED) is 0.739. The number of hydrogen-bond acceptors (Lipinski definition) is 1. The summed E-state index contributed by atoms with van der Waals surface area (Å²) in [6.45, 7) is 11.0. The highest BCUT2D eigenvalue weighted by Gasteiger charge is 2.15. The second kappa shape index (κ2) is 6.76. The zero-order chi connectivity index (χ0) is 15.6. The summed E-state index contributed by atoms with van der Waals surface area (Å²) in [5.41, 5.74) is 6.81. The molecule has 1 N–H and O–H groups in total. The largest absolute Gasteiger partial charge is 0.304 e. The van der Waals surface area contributed by atoms with Crippen molar-refractivity contribution in [3.63, 3.8) is 0 Å². The normalized spacial score (nSPS) is 14.0. The average molecular weight is 346 g/mol. The highest BCUT2D eigenvalue weighted by molar-refractivity contribution is 9.10. The van der Waals surface area contributed by atoms with Crippen LogP contribution in [0, 0.1) is 20.8 Å². The second-order valence-electron chi connectivity index (χ2n) is 5.97. The van der Waals surface area contributed by atoms with Crippen molar-refractivity contribution in [2.24, 2.45) is 0 Å². The first-order valence-corrected chi connectivity index (χ1v) is 8.27. The molecular weight excluding hydrogens is 322 g/mol. The molecule has 0 aliphatic rings. The molecule has 2 aromatic rings. The summed E-state index contributed by atoms with van der Waals surface area (Å²) in [7, 11) is 0. The van der Waals surface area contributed by atoms with E-state index in [9.17, 15) is 0 Å². The zero-order valence-electron chi connectivity index (χ0n) is 13.5. The maximum absolute atomic E-state index is 3.72. The van der Waals surface area contributed by atoms with Crippen LogP contribution < -0.4 is 5.32 Å². The van der Waals surface area contributed by atoms with Gasteiger partial charge in [-0.2, -0.15) is 0 Å². The molecule has 0 amide bonds. The molecule has 0 radical (unpaired) electrons. The fraction of sp³-hybridized carbons (Fsp3) is 0.368. The summed E-state index contributed by atoms with van der Waals surface area (Å²) < 4.78 is 1.12. The van der Waals surface area contributed by atoms with Gasteiger partial charge in [-0.05, 0) is 69.0 Å². The first-order valence-electron chi connectivity index (χ1n) is 7.47. The van der Waals surface area contributed by atoms with Gasteiger partial charge in [-0.15, -0.1) is 0 Å². The molecule has 0 bridgehead atoms. The smallest absolute Gasteiger partial charge is 0.0302 e. The lowest BCUT2D eigenvalue weighted by Gasteiger charge is -2.24. The summed E-state index contributed by atoms with van der Waals surface area (Å²) in [4.78, 5) is 0. The third-order valence-corrected chi connectivity index (χ3v) is 4.57. The molecule has 0 saturated heterocycles. The van der Waals surface area contributed by atoms with Crippen LogP contribution in [-0.2, 0) is 0 Å². The van der Waals surface area contributed by atoms with Crippen LogP contribution >= 0.6 is 15.9 Å². The Morgan fingerprint density at radius 1 is 0.857 bits per heavy atom. The van der Waals surface area contributed by atoms with E-state index in [0.717, 1.165) is 4.47 Å². The van der Waals surface area contributed by atoms with Crippen LogP contribution in [0.25, 0.3) is 0 Å². The summed E-state index contributed by atoms with van der Waals surface area (Å²) in [5, 5.41) is 3.72. The number of hydrogen-bond donors (Lipinski definition) is 1. The minimum atomic E-state index is 0.327. The van der Waals surface area contributed by atoms with Gasteiger partial charge >= 0.3 is 0 Å². The maximum atomic E-state index is 3.72. The monoisotopic (exact) mass is 345 g/mol. The Morgan fingerprint density at radius 2 is 1.38 bits per heavy atom. The Morgan fingerprint density at radius 3 is 1.90 bits per heavy atom. The Kier molecular flexibility index (Phi) is 5.23. The van der Waals surface area contributed by atoms with Crippen LogP contribution in [0.2, 0.25) is 0 Å². The standard InChI is InChI=1S/C19H24BrN/c1-12-10-13(2)19(14(3)11-12)16(5)21-15(4)17-6-8-18(20)9-7-17/h6-11,15-16,21H,1-5H3. The first-order chi connectivity index (χ1) is 9.88. The lowest BCUT2D eigenvalue weighted by Crippen LogP contribution is -2.23. The fourth-order valence-corrected chi connectivity index (χ4v) is 3.44. The number of nitrogens with one attached hydrogen (secondary N) is 1. The third kappa shape index (κ3) is 3.96. The van der Waals surface area contributed by atoms with Crippen molar-refractivity contribution in [2.75, 3.05) is 0 Å². The average Bonchev–Trinajstić information content (AvgIpc) is 2.37. The van der Waals surface area contributed by atoms with Gasteiger partial charge in [0.2, 0.25) is 0 Å². The Balaban J connectivity index is 2.18. The van der Waals surface area contributed by atoms with Gasteiger partial charge < -0.3 is 5.32 Å². The van der Waals surface area contributed by atoms with Crippen molar-refractivity contribution in [1.29, 1.82) is 0 Å². The Bertz CT molecular complexity index is 593. The van der Waals surface area contributed by atoms with Gasteiger partial charge in [-0.25, -0.2) is 0 Å². The second-order valence-corrected chi connectivity index (χ2v) is 6.89. The highest BCUT2D eigenvalue weighted by atomic mass is 79.9. The van der Waals surface area contributed by atoms with Gasteiger partial charge in [0, 0.05) is 16.6 Å². The lowest BCUT2D eigenvalue weighted by molar-refractivity contribution is 0.491. The van der Waals surface area contributed by atoms with E-state index in [4.69, 9.17) is 0 Å². The fourth-order valence-electron chi connectivity index (χ4n) is 3.18. The van der Waals surface area contributed by atoms with Crippen molar-refractivity contribution in [1.82, 2.24) is 5.32 Å². The van der Waals surface area contributed by atoms with E-state index in [-0.39, 0.29) is 0 Å². The van der Waals surface area contributed by atoms with Crippen LogP contribution in [0.3, 0.4) is 0 Å². The van der Waals surface area contributed by atoms with Crippen LogP contribution in [-0.4, -0.2) is 0 Å². The minimum absolute atomic E-state index is 0.327. The molecule has 2 rings (SSSR count). The molecule has 0 aromatic heterocycles.